The molecule has 0 heterocycles. The first-order valence-corrected chi connectivity index (χ1v) is 4.85. The maximum atomic E-state index is 8.58. The van der Waals surface area contributed by atoms with Crippen molar-refractivity contribution in [3.8, 4) is 0 Å². The van der Waals surface area contributed by atoms with Crippen molar-refractivity contribution in [2.45, 2.75) is 33.1 Å². The van der Waals surface area contributed by atoms with Crippen LogP contribution in [0.1, 0.15) is 33.1 Å². The molecule has 1 saturated carbocycles. The molecule has 1 aliphatic rings. The molecule has 0 aromatic heterocycles. The van der Waals surface area contributed by atoms with Gasteiger partial charge in [0.15, 0.2) is 0 Å². The molecule has 1 fully saturated rings. The summed E-state index contributed by atoms with van der Waals surface area (Å²) in [5.74, 6) is 0.679. The van der Waals surface area contributed by atoms with Gasteiger partial charge < -0.3 is 10.8 Å². The lowest BCUT2D eigenvalue weighted by Gasteiger charge is -2.00. The lowest BCUT2D eigenvalue weighted by atomic mass is 10.1. The van der Waals surface area contributed by atoms with E-state index in [-0.39, 0.29) is 6.61 Å². The third-order valence-electron chi connectivity index (χ3n) is 2.14. The van der Waals surface area contributed by atoms with E-state index in [9.17, 15) is 0 Å². The van der Waals surface area contributed by atoms with Crippen molar-refractivity contribution in [2.75, 3.05) is 13.2 Å². The largest absolute Gasteiger partial charge is 0.392 e. The van der Waals surface area contributed by atoms with Gasteiger partial charge in [-0.05, 0) is 31.7 Å². The molecule has 0 amide bonds. The van der Waals surface area contributed by atoms with E-state index in [1.54, 1.807) is 0 Å². The Morgan fingerprint density at radius 2 is 2.25 bits per heavy atom. The summed E-state index contributed by atoms with van der Waals surface area (Å²) >= 11 is 0. The Bertz CT molecular complexity index is 132. The van der Waals surface area contributed by atoms with E-state index in [1.807, 2.05) is 19.9 Å². The SMILES string of the molecule is CC.NCC1CC/C(=C/CO)C1. The van der Waals surface area contributed by atoms with Crippen molar-refractivity contribution in [3.63, 3.8) is 0 Å². The first-order chi connectivity index (χ1) is 5.86. The lowest BCUT2D eigenvalue weighted by Crippen LogP contribution is -2.09. The fourth-order valence-electron chi connectivity index (χ4n) is 1.48. The minimum absolute atomic E-state index is 0.187. The molecule has 72 valence electrons. The third kappa shape index (κ3) is 3.88. The topological polar surface area (TPSA) is 46.2 Å². The van der Waals surface area contributed by atoms with Crippen molar-refractivity contribution in [1.82, 2.24) is 0 Å². The molecule has 0 bridgehead atoms. The Morgan fingerprint density at radius 1 is 1.58 bits per heavy atom. The first-order valence-electron chi connectivity index (χ1n) is 4.85. The van der Waals surface area contributed by atoms with Gasteiger partial charge in [-0.1, -0.05) is 25.5 Å². The normalized spacial score (nSPS) is 25.3. The molecule has 1 atom stereocenters. The van der Waals surface area contributed by atoms with Gasteiger partial charge in [-0.3, -0.25) is 0 Å². The zero-order chi connectivity index (χ0) is 9.40. The highest BCUT2D eigenvalue weighted by Crippen LogP contribution is 2.28. The smallest absolute Gasteiger partial charge is 0.0615 e. The molecule has 2 nitrogen and oxygen atoms in total. The molecule has 0 aromatic rings. The van der Waals surface area contributed by atoms with Gasteiger partial charge in [-0.15, -0.1) is 0 Å². The molecule has 1 unspecified atom stereocenters. The Kier molecular flexibility index (Phi) is 7.11. The number of hydrogen-bond acceptors (Lipinski definition) is 2. The van der Waals surface area contributed by atoms with Crippen LogP contribution in [-0.2, 0) is 0 Å². The Balaban J connectivity index is 0.000000561. The minimum Gasteiger partial charge on any atom is -0.392 e. The summed E-state index contributed by atoms with van der Waals surface area (Å²) in [6.45, 7) is 4.98. The molecule has 12 heavy (non-hydrogen) atoms. The molecule has 0 radical (unpaired) electrons. The second-order valence-corrected chi connectivity index (χ2v) is 2.89. The van der Waals surface area contributed by atoms with E-state index in [4.69, 9.17) is 10.8 Å². The predicted octanol–water partition coefficient (Wildman–Crippen LogP) is 1.69. The van der Waals surface area contributed by atoms with Crippen LogP contribution >= 0.6 is 0 Å². The first kappa shape index (κ1) is 11.7. The zero-order valence-corrected chi connectivity index (χ0v) is 8.21. The molecule has 1 rings (SSSR count). The Labute approximate surface area is 75.5 Å². The Hall–Kier alpha value is -0.340. The van der Waals surface area contributed by atoms with Crippen LogP contribution in [0.5, 0.6) is 0 Å². The van der Waals surface area contributed by atoms with Crippen molar-refractivity contribution >= 4 is 0 Å². The number of hydrogen-bond donors (Lipinski definition) is 2. The van der Waals surface area contributed by atoms with Gasteiger partial charge in [0, 0.05) is 0 Å². The highest BCUT2D eigenvalue weighted by molar-refractivity contribution is 5.08. The van der Waals surface area contributed by atoms with Crippen LogP contribution < -0.4 is 5.73 Å². The van der Waals surface area contributed by atoms with E-state index in [1.165, 1.54) is 12.0 Å². The molecule has 0 spiro atoms. The van der Waals surface area contributed by atoms with Crippen LogP contribution in [0.25, 0.3) is 0 Å². The van der Waals surface area contributed by atoms with Crippen LogP contribution in [0.4, 0.5) is 0 Å². The fraction of sp³-hybridized carbons (Fsp3) is 0.800. The van der Waals surface area contributed by atoms with Gasteiger partial charge in [0.05, 0.1) is 6.61 Å². The zero-order valence-electron chi connectivity index (χ0n) is 8.21. The second kappa shape index (κ2) is 7.32. The van der Waals surface area contributed by atoms with Crippen LogP contribution in [0, 0.1) is 5.92 Å². The predicted molar refractivity (Wildman–Crippen MR) is 52.9 cm³/mol. The van der Waals surface area contributed by atoms with Gasteiger partial charge in [0.2, 0.25) is 0 Å². The maximum absolute atomic E-state index is 8.58. The van der Waals surface area contributed by atoms with Crippen molar-refractivity contribution in [3.05, 3.63) is 11.6 Å². The van der Waals surface area contributed by atoms with Crippen LogP contribution in [0.3, 0.4) is 0 Å². The quantitative estimate of drug-likeness (QED) is 0.621. The summed E-state index contributed by atoms with van der Waals surface area (Å²) in [6, 6.07) is 0. The van der Waals surface area contributed by atoms with E-state index in [2.05, 4.69) is 0 Å². The van der Waals surface area contributed by atoms with E-state index < -0.39 is 0 Å². The van der Waals surface area contributed by atoms with E-state index in [0.717, 1.165) is 19.4 Å². The maximum Gasteiger partial charge on any atom is 0.0615 e. The molecule has 1 aliphatic carbocycles. The molecule has 0 aliphatic heterocycles. The van der Waals surface area contributed by atoms with Crippen molar-refractivity contribution in [2.24, 2.45) is 11.7 Å². The summed E-state index contributed by atoms with van der Waals surface area (Å²) in [4.78, 5) is 0. The molecular formula is C10H21NO. The standard InChI is InChI=1S/C8H15NO.C2H6/c9-6-8-2-1-7(5-8)3-4-10;1-2/h3,8,10H,1-2,4-6,9H2;1-2H3/b7-3-;. The summed E-state index contributed by atoms with van der Waals surface area (Å²) in [7, 11) is 0. The van der Waals surface area contributed by atoms with Crippen molar-refractivity contribution in [1.29, 1.82) is 0 Å². The highest BCUT2D eigenvalue weighted by Gasteiger charge is 2.16. The average Bonchev–Trinajstić information content (AvgIpc) is 2.57. The van der Waals surface area contributed by atoms with Gasteiger partial charge in [0.1, 0.15) is 0 Å². The van der Waals surface area contributed by atoms with Crippen LogP contribution in [-0.4, -0.2) is 18.3 Å². The number of allylic oxidation sites excluding steroid dienone is 1. The number of nitrogens with two attached hydrogens (primary N) is 1. The number of rotatable bonds is 2. The summed E-state index contributed by atoms with van der Waals surface area (Å²) in [6.07, 6.45) is 5.37. The molecule has 3 N–H and O–H groups in total. The van der Waals surface area contributed by atoms with Gasteiger partial charge >= 0.3 is 0 Å². The van der Waals surface area contributed by atoms with E-state index in [0.29, 0.717) is 5.92 Å². The summed E-state index contributed by atoms with van der Waals surface area (Å²) in [5, 5.41) is 8.58. The number of aliphatic hydroxyl groups is 1. The third-order valence-corrected chi connectivity index (χ3v) is 2.14. The Morgan fingerprint density at radius 3 is 2.67 bits per heavy atom. The minimum atomic E-state index is 0.187. The van der Waals surface area contributed by atoms with Gasteiger partial charge in [0.25, 0.3) is 0 Å². The van der Waals surface area contributed by atoms with Crippen LogP contribution in [0.2, 0.25) is 0 Å². The molecule has 2 heteroatoms. The molecule has 0 saturated heterocycles. The summed E-state index contributed by atoms with van der Waals surface area (Å²) < 4.78 is 0. The van der Waals surface area contributed by atoms with Gasteiger partial charge in [-0.25, -0.2) is 0 Å². The van der Waals surface area contributed by atoms with Crippen molar-refractivity contribution < 1.29 is 5.11 Å². The van der Waals surface area contributed by atoms with Gasteiger partial charge in [-0.2, -0.15) is 0 Å². The average molecular weight is 171 g/mol. The summed E-state index contributed by atoms with van der Waals surface area (Å²) in [5.41, 5.74) is 6.89. The fourth-order valence-corrected chi connectivity index (χ4v) is 1.48. The number of aliphatic hydroxyl groups excluding tert-OH is 1. The highest BCUT2D eigenvalue weighted by atomic mass is 16.2. The van der Waals surface area contributed by atoms with Crippen LogP contribution in [0.15, 0.2) is 11.6 Å². The van der Waals surface area contributed by atoms with E-state index >= 15 is 0 Å². The molecule has 0 aromatic carbocycles. The monoisotopic (exact) mass is 171 g/mol. The lowest BCUT2D eigenvalue weighted by molar-refractivity contribution is 0.341. The molecular weight excluding hydrogens is 150 g/mol. The second-order valence-electron chi connectivity index (χ2n) is 2.89.